The molecule has 1 aromatic heterocycles. The fraction of sp³-hybridized carbons (Fsp3) is 0.667. The first kappa shape index (κ1) is 14.4. The number of unbranched alkanes of at least 4 members (excludes halogenated alkanes) is 1. The average Bonchev–Trinajstić information content (AvgIpc) is 2.78. The molecule has 0 saturated carbocycles. The summed E-state index contributed by atoms with van der Waals surface area (Å²) in [5.41, 5.74) is 0. The number of hydrogen-bond acceptors (Lipinski definition) is 3. The van der Waals surface area contributed by atoms with Crippen molar-refractivity contribution < 1.29 is 0 Å². The van der Waals surface area contributed by atoms with Gasteiger partial charge in [0.2, 0.25) is 0 Å². The van der Waals surface area contributed by atoms with Crippen LogP contribution >= 0.6 is 23.6 Å². The third-order valence-corrected chi connectivity index (χ3v) is 4.04. The Hall–Kier alpha value is -0.680. The van der Waals surface area contributed by atoms with E-state index in [0.29, 0.717) is 0 Å². The molecular formula is C12H21N3S2. The van der Waals surface area contributed by atoms with Gasteiger partial charge in [-0.15, -0.1) is 11.3 Å². The van der Waals surface area contributed by atoms with Crippen molar-refractivity contribution in [2.45, 2.75) is 46.1 Å². The van der Waals surface area contributed by atoms with Crippen LogP contribution in [0.15, 0.2) is 6.20 Å². The standard InChI is InChI=1S/C12H21N3S2/c1-4-6-7-13-12(16)15-9(3)11-14-8-10(5-2)17-11/h8-9H,4-7H2,1-3H3,(H2,13,15,16). The first-order valence-corrected chi connectivity index (χ1v) is 7.38. The van der Waals surface area contributed by atoms with Gasteiger partial charge in [-0.25, -0.2) is 4.98 Å². The Morgan fingerprint density at radius 3 is 2.88 bits per heavy atom. The smallest absolute Gasteiger partial charge is 0.166 e. The zero-order valence-corrected chi connectivity index (χ0v) is 12.4. The van der Waals surface area contributed by atoms with E-state index in [1.54, 1.807) is 11.3 Å². The second-order valence-electron chi connectivity index (χ2n) is 3.99. The summed E-state index contributed by atoms with van der Waals surface area (Å²) in [6, 6.07) is 0.182. The van der Waals surface area contributed by atoms with E-state index in [2.05, 4.69) is 36.4 Å². The SMILES string of the molecule is CCCCNC(=S)NC(C)c1ncc(CC)s1. The number of aromatic nitrogens is 1. The highest BCUT2D eigenvalue weighted by Crippen LogP contribution is 2.19. The summed E-state index contributed by atoms with van der Waals surface area (Å²) in [5, 5.41) is 8.28. The van der Waals surface area contributed by atoms with Gasteiger partial charge in [0, 0.05) is 17.6 Å². The fourth-order valence-electron chi connectivity index (χ4n) is 1.37. The van der Waals surface area contributed by atoms with Gasteiger partial charge in [0.1, 0.15) is 5.01 Å². The average molecular weight is 271 g/mol. The van der Waals surface area contributed by atoms with Gasteiger partial charge in [-0.1, -0.05) is 20.3 Å². The third kappa shape index (κ3) is 5.00. The first-order chi connectivity index (χ1) is 8.17. The van der Waals surface area contributed by atoms with Crippen molar-refractivity contribution >= 4 is 28.7 Å². The monoisotopic (exact) mass is 271 g/mol. The molecule has 0 aliphatic heterocycles. The molecule has 1 heterocycles. The topological polar surface area (TPSA) is 37.0 Å². The molecule has 0 aromatic carbocycles. The zero-order chi connectivity index (χ0) is 12.7. The Morgan fingerprint density at radius 1 is 1.53 bits per heavy atom. The molecule has 3 nitrogen and oxygen atoms in total. The molecule has 0 bridgehead atoms. The maximum absolute atomic E-state index is 5.23. The Kier molecular flexibility index (Phi) is 6.44. The summed E-state index contributed by atoms with van der Waals surface area (Å²) < 4.78 is 0. The predicted molar refractivity (Wildman–Crippen MR) is 78.6 cm³/mol. The van der Waals surface area contributed by atoms with Crippen LogP contribution in [0.4, 0.5) is 0 Å². The normalized spacial score (nSPS) is 12.2. The lowest BCUT2D eigenvalue weighted by molar-refractivity contribution is 0.679. The quantitative estimate of drug-likeness (QED) is 0.616. The number of hydrogen-bond donors (Lipinski definition) is 2. The molecule has 0 aliphatic carbocycles. The lowest BCUT2D eigenvalue weighted by Gasteiger charge is -2.14. The number of aryl methyl sites for hydroxylation is 1. The van der Waals surface area contributed by atoms with Gasteiger partial charge in [-0.3, -0.25) is 0 Å². The molecule has 0 fully saturated rings. The van der Waals surface area contributed by atoms with Crippen LogP contribution in [-0.4, -0.2) is 16.6 Å². The molecule has 1 unspecified atom stereocenters. The van der Waals surface area contributed by atoms with Crippen molar-refractivity contribution in [3.8, 4) is 0 Å². The summed E-state index contributed by atoms with van der Waals surface area (Å²) in [6.45, 7) is 7.34. The Labute approximate surface area is 113 Å². The minimum absolute atomic E-state index is 0.182. The van der Waals surface area contributed by atoms with E-state index in [9.17, 15) is 0 Å². The third-order valence-electron chi connectivity index (χ3n) is 2.45. The molecule has 1 atom stereocenters. The molecule has 0 radical (unpaired) electrons. The second-order valence-corrected chi connectivity index (χ2v) is 5.55. The Morgan fingerprint density at radius 2 is 2.29 bits per heavy atom. The van der Waals surface area contributed by atoms with Crippen LogP contribution in [-0.2, 0) is 6.42 Å². The van der Waals surface area contributed by atoms with Crippen molar-refractivity contribution in [1.82, 2.24) is 15.6 Å². The fourth-order valence-corrected chi connectivity index (χ4v) is 2.51. The summed E-state index contributed by atoms with van der Waals surface area (Å²) in [4.78, 5) is 5.72. The van der Waals surface area contributed by atoms with Gasteiger partial charge in [-0.05, 0) is 32.0 Å². The molecule has 17 heavy (non-hydrogen) atoms. The number of rotatable bonds is 6. The maximum Gasteiger partial charge on any atom is 0.166 e. The molecule has 0 amide bonds. The summed E-state index contributed by atoms with van der Waals surface area (Å²) >= 11 is 6.98. The van der Waals surface area contributed by atoms with Crippen molar-refractivity contribution in [1.29, 1.82) is 0 Å². The largest absolute Gasteiger partial charge is 0.363 e. The summed E-state index contributed by atoms with van der Waals surface area (Å²) in [5.74, 6) is 0. The highest BCUT2D eigenvalue weighted by atomic mass is 32.1. The highest BCUT2D eigenvalue weighted by molar-refractivity contribution is 7.80. The summed E-state index contributed by atoms with van der Waals surface area (Å²) in [7, 11) is 0. The van der Waals surface area contributed by atoms with E-state index in [-0.39, 0.29) is 6.04 Å². The van der Waals surface area contributed by atoms with Crippen LogP contribution in [0.1, 0.15) is 49.5 Å². The maximum atomic E-state index is 5.23. The minimum atomic E-state index is 0.182. The predicted octanol–water partition coefficient (Wildman–Crippen LogP) is 3.03. The molecule has 0 saturated heterocycles. The van der Waals surface area contributed by atoms with Crippen molar-refractivity contribution in [2.75, 3.05) is 6.54 Å². The van der Waals surface area contributed by atoms with Gasteiger partial charge in [0.05, 0.1) is 6.04 Å². The summed E-state index contributed by atoms with van der Waals surface area (Å²) in [6.07, 6.45) is 5.32. The van der Waals surface area contributed by atoms with Crippen molar-refractivity contribution in [3.05, 3.63) is 16.1 Å². The van der Waals surface area contributed by atoms with E-state index in [1.807, 2.05) is 6.20 Å². The number of thiazole rings is 1. The van der Waals surface area contributed by atoms with Crippen LogP contribution in [0, 0.1) is 0 Å². The van der Waals surface area contributed by atoms with Gasteiger partial charge in [0.15, 0.2) is 5.11 Å². The van der Waals surface area contributed by atoms with Crippen LogP contribution in [0.5, 0.6) is 0 Å². The van der Waals surface area contributed by atoms with Gasteiger partial charge in [-0.2, -0.15) is 0 Å². The van der Waals surface area contributed by atoms with Gasteiger partial charge < -0.3 is 10.6 Å². The van der Waals surface area contributed by atoms with Gasteiger partial charge >= 0.3 is 0 Å². The second kappa shape index (κ2) is 7.61. The lowest BCUT2D eigenvalue weighted by atomic mass is 10.3. The van der Waals surface area contributed by atoms with Crippen LogP contribution in [0.2, 0.25) is 0 Å². The number of nitrogens with zero attached hydrogens (tertiary/aromatic N) is 1. The molecule has 0 aliphatic rings. The van der Waals surface area contributed by atoms with Gasteiger partial charge in [0.25, 0.3) is 0 Å². The molecule has 0 spiro atoms. The highest BCUT2D eigenvalue weighted by Gasteiger charge is 2.10. The van der Waals surface area contributed by atoms with E-state index in [0.717, 1.165) is 29.5 Å². The molecule has 5 heteroatoms. The van der Waals surface area contributed by atoms with Crippen molar-refractivity contribution in [3.63, 3.8) is 0 Å². The molecule has 1 aromatic rings. The first-order valence-electron chi connectivity index (χ1n) is 6.16. The zero-order valence-electron chi connectivity index (χ0n) is 10.7. The van der Waals surface area contributed by atoms with E-state index >= 15 is 0 Å². The van der Waals surface area contributed by atoms with E-state index < -0.39 is 0 Å². The Bertz CT molecular complexity index is 349. The number of nitrogens with one attached hydrogen (secondary N) is 2. The molecule has 2 N–H and O–H groups in total. The minimum Gasteiger partial charge on any atom is -0.363 e. The molecular weight excluding hydrogens is 250 g/mol. The molecule has 1 rings (SSSR count). The van der Waals surface area contributed by atoms with Crippen LogP contribution in [0.25, 0.3) is 0 Å². The lowest BCUT2D eigenvalue weighted by Crippen LogP contribution is -2.37. The van der Waals surface area contributed by atoms with E-state index in [4.69, 9.17) is 12.2 Å². The number of thiocarbonyl (C=S) groups is 1. The van der Waals surface area contributed by atoms with E-state index in [1.165, 1.54) is 11.3 Å². The molecule has 96 valence electrons. The van der Waals surface area contributed by atoms with Crippen LogP contribution in [0.3, 0.4) is 0 Å². The Balaban J connectivity index is 2.37. The van der Waals surface area contributed by atoms with Crippen LogP contribution < -0.4 is 10.6 Å². The van der Waals surface area contributed by atoms with Crippen molar-refractivity contribution in [2.24, 2.45) is 0 Å².